The van der Waals surface area contributed by atoms with Gasteiger partial charge in [0.05, 0.1) is 4.90 Å². The van der Waals surface area contributed by atoms with Crippen molar-refractivity contribution < 1.29 is 13.2 Å². The molecule has 0 atom stereocenters. The summed E-state index contributed by atoms with van der Waals surface area (Å²) in [6.45, 7) is 3.59. The minimum absolute atomic E-state index is 0.150. The van der Waals surface area contributed by atoms with Crippen LogP contribution in [0.5, 0.6) is 0 Å². The Bertz CT molecular complexity index is 816. The monoisotopic (exact) mass is 366 g/mol. The molecule has 0 spiro atoms. The average molecular weight is 367 g/mol. The van der Waals surface area contributed by atoms with Gasteiger partial charge in [0, 0.05) is 29.4 Å². The van der Waals surface area contributed by atoms with Gasteiger partial charge >= 0.3 is 0 Å². The van der Waals surface area contributed by atoms with Crippen molar-refractivity contribution in [3.8, 4) is 0 Å². The molecule has 2 aromatic carbocycles. The smallest absolute Gasteiger partial charge is 0.255 e. The van der Waals surface area contributed by atoms with Gasteiger partial charge in [-0.15, -0.1) is 0 Å². The van der Waals surface area contributed by atoms with Gasteiger partial charge in [0.15, 0.2) is 0 Å². The summed E-state index contributed by atoms with van der Waals surface area (Å²) in [5, 5.41) is 3.31. The lowest BCUT2D eigenvalue weighted by Crippen LogP contribution is -2.33. The Morgan fingerprint density at radius 1 is 1.04 bits per heavy atom. The summed E-state index contributed by atoms with van der Waals surface area (Å²) in [4.78, 5) is 12.4. The van der Waals surface area contributed by atoms with E-state index >= 15 is 0 Å². The third-order valence-corrected chi connectivity index (χ3v) is 5.92. The summed E-state index contributed by atoms with van der Waals surface area (Å²) in [5.41, 5.74) is 0.983. The number of hydrogen-bond acceptors (Lipinski definition) is 3. The maximum Gasteiger partial charge on any atom is 0.255 e. The Morgan fingerprint density at radius 3 is 2.08 bits per heavy atom. The van der Waals surface area contributed by atoms with Crippen molar-refractivity contribution in [2.75, 3.05) is 12.4 Å². The Balaban J connectivity index is 2.17. The van der Waals surface area contributed by atoms with Crippen molar-refractivity contribution in [1.82, 2.24) is 4.31 Å². The summed E-state index contributed by atoms with van der Waals surface area (Å²) >= 11 is 5.80. The van der Waals surface area contributed by atoms with E-state index in [1.54, 1.807) is 38.1 Å². The molecule has 128 valence electrons. The van der Waals surface area contributed by atoms with E-state index in [4.69, 9.17) is 11.6 Å². The summed E-state index contributed by atoms with van der Waals surface area (Å²) in [5.74, 6) is -0.321. The number of rotatable bonds is 5. The molecular formula is C17H19ClN2O3S. The highest BCUT2D eigenvalue weighted by Crippen LogP contribution is 2.18. The summed E-state index contributed by atoms with van der Waals surface area (Å²) in [6, 6.07) is 12.4. The molecule has 0 radical (unpaired) electrons. The number of nitrogens with one attached hydrogen (secondary N) is 1. The van der Waals surface area contributed by atoms with Gasteiger partial charge in [0.1, 0.15) is 0 Å². The first-order valence-electron chi connectivity index (χ1n) is 7.37. The maximum absolute atomic E-state index is 12.4. The van der Waals surface area contributed by atoms with Crippen LogP contribution in [0.4, 0.5) is 5.69 Å². The summed E-state index contributed by atoms with van der Waals surface area (Å²) < 4.78 is 26.1. The number of halogens is 1. The molecule has 0 heterocycles. The highest BCUT2D eigenvalue weighted by molar-refractivity contribution is 7.89. The van der Waals surface area contributed by atoms with E-state index in [1.165, 1.54) is 35.6 Å². The molecule has 5 nitrogen and oxygen atoms in total. The maximum atomic E-state index is 12.4. The molecule has 0 saturated carbocycles. The van der Waals surface area contributed by atoms with Gasteiger partial charge in [-0.05, 0) is 62.4 Å². The van der Waals surface area contributed by atoms with E-state index in [9.17, 15) is 13.2 Å². The van der Waals surface area contributed by atoms with Crippen molar-refractivity contribution in [2.24, 2.45) is 0 Å². The van der Waals surface area contributed by atoms with E-state index in [1.807, 2.05) is 0 Å². The predicted molar refractivity (Wildman–Crippen MR) is 95.9 cm³/mol. The lowest BCUT2D eigenvalue weighted by molar-refractivity contribution is 0.102. The standard InChI is InChI=1S/C17H19ClN2O3S/c1-12(2)20(3)24(22,23)16-10-4-13(5-11-16)17(21)19-15-8-6-14(18)7-9-15/h4-12H,1-3H3,(H,19,21). The Labute approximate surface area is 147 Å². The average Bonchev–Trinajstić information content (AvgIpc) is 2.56. The van der Waals surface area contributed by atoms with Crippen molar-refractivity contribution >= 4 is 33.2 Å². The van der Waals surface area contributed by atoms with Gasteiger partial charge in [-0.1, -0.05) is 11.6 Å². The first-order chi connectivity index (χ1) is 11.2. The van der Waals surface area contributed by atoms with Crippen LogP contribution < -0.4 is 5.32 Å². The molecule has 7 heteroatoms. The van der Waals surface area contributed by atoms with Gasteiger partial charge in [-0.25, -0.2) is 8.42 Å². The minimum Gasteiger partial charge on any atom is -0.322 e. The molecule has 0 saturated heterocycles. The van der Waals surface area contributed by atoms with E-state index in [2.05, 4.69) is 5.32 Å². The molecule has 0 aromatic heterocycles. The van der Waals surface area contributed by atoms with Crippen molar-refractivity contribution in [2.45, 2.75) is 24.8 Å². The van der Waals surface area contributed by atoms with Crippen LogP contribution in [0.15, 0.2) is 53.4 Å². The first-order valence-corrected chi connectivity index (χ1v) is 9.18. The zero-order valence-corrected chi connectivity index (χ0v) is 15.2. The molecule has 24 heavy (non-hydrogen) atoms. The molecule has 0 bridgehead atoms. The van der Waals surface area contributed by atoms with Crippen LogP contribution in [-0.4, -0.2) is 31.7 Å². The fourth-order valence-corrected chi connectivity index (χ4v) is 3.45. The highest BCUT2D eigenvalue weighted by atomic mass is 35.5. The van der Waals surface area contributed by atoms with Crippen molar-refractivity contribution in [3.05, 3.63) is 59.1 Å². The molecule has 0 aliphatic carbocycles. The topological polar surface area (TPSA) is 66.5 Å². The molecule has 0 fully saturated rings. The lowest BCUT2D eigenvalue weighted by atomic mass is 10.2. The quantitative estimate of drug-likeness (QED) is 0.878. The fourth-order valence-electron chi connectivity index (χ4n) is 1.96. The van der Waals surface area contributed by atoms with E-state index < -0.39 is 10.0 Å². The second-order valence-corrected chi connectivity index (χ2v) is 8.03. The molecule has 1 amide bonds. The number of anilines is 1. The second kappa shape index (κ2) is 7.34. The fraction of sp³-hybridized carbons (Fsp3) is 0.235. The van der Waals surface area contributed by atoms with Crippen LogP contribution in [0, 0.1) is 0 Å². The van der Waals surface area contributed by atoms with Gasteiger partial charge in [-0.2, -0.15) is 4.31 Å². The lowest BCUT2D eigenvalue weighted by Gasteiger charge is -2.21. The number of carbonyl (C=O) groups excluding carboxylic acids is 1. The number of benzene rings is 2. The minimum atomic E-state index is -3.56. The van der Waals surface area contributed by atoms with Crippen LogP contribution in [0.25, 0.3) is 0 Å². The van der Waals surface area contributed by atoms with E-state index in [0.29, 0.717) is 16.3 Å². The molecule has 0 unspecified atom stereocenters. The van der Waals surface area contributed by atoms with Crippen LogP contribution in [-0.2, 0) is 10.0 Å². The Morgan fingerprint density at radius 2 is 1.58 bits per heavy atom. The third-order valence-electron chi connectivity index (χ3n) is 3.62. The number of sulfonamides is 1. The Hall–Kier alpha value is -1.89. The van der Waals surface area contributed by atoms with E-state index in [-0.39, 0.29) is 16.8 Å². The zero-order chi connectivity index (χ0) is 17.9. The normalized spacial score (nSPS) is 11.8. The summed E-state index contributed by atoms with van der Waals surface area (Å²) in [6.07, 6.45) is 0. The van der Waals surface area contributed by atoms with Crippen LogP contribution in [0.2, 0.25) is 5.02 Å². The third kappa shape index (κ3) is 4.14. The van der Waals surface area contributed by atoms with Gasteiger partial charge in [0.25, 0.3) is 5.91 Å². The van der Waals surface area contributed by atoms with E-state index in [0.717, 1.165) is 0 Å². The van der Waals surface area contributed by atoms with Crippen LogP contribution in [0.1, 0.15) is 24.2 Å². The number of carbonyl (C=O) groups is 1. The van der Waals surface area contributed by atoms with Gasteiger partial charge in [-0.3, -0.25) is 4.79 Å². The SMILES string of the molecule is CC(C)N(C)S(=O)(=O)c1ccc(C(=O)Nc2ccc(Cl)cc2)cc1. The molecular weight excluding hydrogens is 348 g/mol. The van der Waals surface area contributed by atoms with Crippen molar-refractivity contribution in [3.63, 3.8) is 0 Å². The van der Waals surface area contributed by atoms with Crippen LogP contribution in [0.3, 0.4) is 0 Å². The predicted octanol–water partition coefficient (Wildman–Crippen LogP) is 3.62. The molecule has 2 aromatic rings. The number of nitrogens with zero attached hydrogens (tertiary/aromatic N) is 1. The first kappa shape index (κ1) is 18.4. The van der Waals surface area contributed by atoms with Crippen LogP contribution >= 0.6 is 11.6 Å². The number of amides is 1. The second-order valence-electron chi connectivity index (χ2n) is 5.60. The summed E-state index contributed by atoms with van der Waals surface area (Å²) in [7, 11) is -2.03. The van der Waals surface area contributed by atoms with Gasteiger partial charge in [0.2, 0.25) is 10.0 Å². The molecule has 0 aliphatic rings. The Kier molecular flexibility index (Phi) is 5.64. The van der Waals surface area contributed by atoms with Crippen molar-refractivity contribution in [1.29, 1.82) is 0 Å². The van der Waals surface area contributed by atoms with Gasteiger partial charge < -0.3 is 5.32 Å². The molecule has 1 N–H and O–H groups in total. The number of hydrogen-bond donors (Lipinski definition) is 1. The largest absolute Gasteiger partial charge is 0.322 e. The zero-order valence-electron chi connectivity index (χ0n) is 13.7. The molecule has 2 rings (SSSR count). The molecule has 0 aliphatic heterocycles. The highest BCUT2D eigenvalue weighted by Gasteiger charge is 2.23.